The summed E-state index contributed by atoms with van der Waals surface area (Å²) in [7, 11) is 2.04. The zero-order valence-electron chi connectivity index (χ0n) is 17.4. The van der Waals surface area contributed by atoms with Gasteiger partial charge in [0.2, 0.25) is 5.91 Å². The highest BCUT2D eigenvalue weighted by molar-refractivity contribution is 14.0. The van der Waals surface area contributed by atoms with Gasteiger partial charge in [0.05, 0.1) is 13.1 Å². The maximum atomic E-state index is 11.9. The molecule has 1 aromatic carbocycles. The maximum Gasteiger partial charge on any atom is 0.251 e. The molecule has 0 spiro atoms. The number of nitrogens with zero attached hydrogens (tertiary/aromatic N) is 2. The summed E-state index contributed by atoms with van der Waals surface area (Å²) in [5.74, 6) is -0.0204. The predicted octanol–water partition coefficient (Wildman–Crippen LogP) is 2.66. The minimum absolute atomic E-state index is 0. The number of carbonyl (C=O) groups excluding carboxylic acids is 2. The summed E-state index contributed by atoms with van der Waals surface area (Å²) in [5.41, 5.74) is 6.51. The number of allylic oxidation sites excluding steroid dienone is 1. The monoisotopic (exact) mass is 515 g/mol. The lowest BCUT2D eigenvalue weighted by molar-refractivity contribution is -0.117. The number of primary amides is 1. The van der Waals surface area contributed by atoms with Crippen LogP contribution in [0.1, 0.15) is 48.5 Å². The summed E-state index contributed by atoms with van der Waals surface area (Å²) in [6.07, 6.45) is 6.49. The molecule has 162 valence electrons. The zero-order valence-corrected chi connectivity index (χ0v) is 19.8. The van der Waals surface area contributed by atoms with Crippen LogP contribution in [0.5, 0.6) is 0 Å². The molecular formula is C21H34IN5O2. The van der Waals surface area contributed by atoms with E-state index in [1.54, 1.807) is 12.1 Å². The third kappa shape index (κ3) is 11.5. The van der Waals surface area contributed by atoms with Crippen LogP contribution in [0.25, 0.3) is 0 Å². The van der Waals surface area contributed by atoms with Crippen LogP contribution < -0.4 is 16.4 Å². The van der Waals surface area contributed by atoms with Crippen LogP contribution in [-0.2, 0) is 11.3 Å². The van der Waals surface area contributed by atoms with Crippen LogP contribution >= 0.6 is 24.0 Å². The van der Waals surface area contributed by atoms with Crippen molar-refractivity contribution in [2.75, 3.05) is 26.7 Å². The highest BCUT2D eigenvalue weighted by Crippen LogP contribution is 2.07. The van der Waals surface area contributed by atoms with Gasteiger partial charge in [-0.3, -0.25) is 9.59 Å². The number of nitrogens with two attached hydrogens (primary N) is 1. The Labute approximate surface area is 191 Å². The first kappa shape index (κ1) is 26.9. The van der Waals surface area contributed by atoms with Crippen molar-refractivity contribution in [3.05, 3.63) is 48.0 Å². The van der Waals surface area contributed by atoms with Gasteiger partial charge < -0.3 is 21.3 Å². The van der Waals surface area contributed by atoms with E-state index in [1.165, 1.54) is 12.8 Å². The number of aliphatic imine (C=N–C) groups is 1. The Morgan fingerprint density at radius 1 is 1.17 bits per heavy atom. The van der Waals surface area contributed by atoms with E-state index in [2.05, 4.69) is 27.1 Å². The van der Waals surface area contributed by atoms with Gasteiger partial charge in [-0.2, -0.15) is 0 Å². The second-order valence-corrected chi connectivity index (χ2v) is 6.58. The van der Waals surface area contributed by atoms with E-state index < -0.39 is 5.91 Å². The maximum absolute atomic E-state index is 11.9. The number of rotatable bonds is 12. The van der Waals surface area contributed by atoms with Crippen molar-refractivity contribution >= 4 is 41.8 Å². The van der Waals surface area contributed by atoms with Crippen LogP contribution in [0.3, 0.4) is 0 Å². The molecule has 0 aliphatic carbocycles. The number of guanidine groups is 1. The summed E-state index contributed by atoms with van der Waals surface area (Å²) >= 11 is 0. The van der Waals surface area contributed by atoms with Gasteiger partial charge in [-0.1, -0.05) is 24.6 Å². The summed E-state index contributed by atoms with van der Waals surface area (Å²) in [4.78, 5) is 29.5. The van der Waals surface area contributed by atoms with Crippen LogP contribution in [0.15, 0.2) is 41.9 Å². The second-order valence-electron chi connectivity index (χ2n) is 6.58. The predicted molar refractivity (Wildman–Crippen MR) is 129 cm³/mol. The van der Waals surface area contributed by atoms with Crippen molar-refractivity contribution in [2.45, 2.75) is 39.2 Å². The Hall–Kier alpha value is -2.10. The molecule has 0 atom stereocenters. The molecule has 0 radical (unpaired) electrons. The smallest absolute Gasteiger partial charge is 0.251 e. The van der Waals surface area contributed by atoms with Gasteiger partial charge >= 0.3 is 0 Å². The summed E-state index contributed by atoms with van der Waals surface area (Å²) in [6.45, 7) is 7.90. The highest BCUT2D eigenvalue weighted by atomic mass is 127. The molecule has 8 heteroatoms. The zero-order chi connectivity index (χ0) is 20.8. The molecule has 7 nitrogen and oxygen atoms in total. The Morgan fingerprint density at radius 3 is 2.45 bits per heavy atom. The SMILES string of the molecule is C=CCCCCCN(C)C(=NCc1ccc(C(=O)NCC(N)=O)cc1)NCC.I. The number of unbranched alkanes of at least 4 members (excludes halogenated alkanes) is 3. The van der Waals surface area contributed by atoms with Crippen molar-refractivity contribution in [3.8, 4) is 0 Å². The summed E-state index contributed by atoms with van der Waals surface area (Å²) in [6, 6.07) is 7.16. The van der Waals surface area contributed by atoms with Gasteiger partial charge in [0.15, 0.2) is 5.96 Å². The molecule has 2 amide bonds. The third-order valence-electron chi connectivity index (χ3n) is 4.15. The molecule has 0 bridgehead atoms. The molecule has 1 rings (SSSR count). The van der Waals surface area contributed by atoms with Crippen molar-refractivity contribution < 1.29 is 9.59 Å². The Balaban J connectivity index is 0.00000784. The number of carbonyl (C=O) groups is 2. The molecule has 0 unspecified atom stereocenters. The molecular weight excluding hydrogens is 481 g/mol. The number of hydrogen-bond donors (Lipinski definition) is 3. The van der Waals surface area contributed by atoms with Gasteiger partial charge in [-0.05, 0) is 43.9 Å². The number of amides is 2. The highest BCUT2D eigenvalue weighted by Gasteiger charge is 2.07. The Bertz CT molecular complexity index is 662. The standard InChI is InChI=1S/C21H33N5O2.HI/c1-4-6-7-8-9-14-26(3)21(23-5-2)25-15-17-10-12-18(13-11-17)20(28)24-16-19(22)27;/h4,10-13H,1,5-9,14-16H2,2-3H3,(H2,22,27)(H,23,25)(H,24,28);1H. The number of hydrogen-bond acceptors (Lipinski definition) is 3. The fraction of sp³-hybridized carbons (Fsp3) is 0.476. The van der Waals surface area contributed by atoms with Crippen LogP contribution in [0.4, 0.5) is 0 Å². The fourth-order valence-corrected chi connectivity index (χ4v) is 2.59. The average Bonchev–Trinajstić information content (AvgIpc) is 2.69. The van der Waals surface area contributed by atoms with Gasteiger partial charge in [0.1, 0.15) is 0 Å². The number of halogens is 1. The molecule has 1 aromatic rings. The average molecular weight is 515 g/mol. The molecule has 29 heavy (non-hydrogen) atoms. The first-order valence-electron chi connectivity index (χ1n) is 9.73. The lowest BCUT2D eigenvalue weighted by Crippen LogP contribution is -2.39. The molecule has 0 saturated heterocycles. The van der Waals surface area contributed by atoms with E-state index in [-0.39, 0.29) is 36.4 Å². The Kier molecular flexibility index (Phi) is 14.6. The van der Waals surface area contributed by atoms with Crippen molar-refractivity contribution in [1.82, 2.24) is 15.5 Å². The van der Waals surface area contributed by atoms with Crippen molar-refractivity contribution in [1.29, 1.82) is 0 Å². The molecule has 4 N–H and O–H groups in total. The Morgan fingerprint density at radius 2 is 1.86 bits per heavy atom. The first-order valence-corrected chi connectivity index (χ1v) is 9.73. The van der Waals surface area contributed by atoms with Gasteiger partial charge in [-0.25, -0.2) is 4.99 Å². The van der Waals surface area contributed by atoms with Crippen LogP contribution in [0, 0.1) is 0 Å². The lowest BCUT2D eigenvalue weighted by Gasteiger charge is -2.22. The topological polar surface area (TPSA) is 99.8 Å². The van der Waals surface area contributed by atoms with Gasteiger partial charge in [0.25, 0.3) is 5.91 Å². The fourth-order valence-electron chi connectivity index (χ4n) is 2.59. The van der Waals surface area contributed by atoms with E-state index in [9.17, 15) is 9.59 Å². The molecule has 0 aromatic heterocycles. The first-order chi connectivity index (χ1) is 13.5. The molecule has 0 aliphatic rings. The summed E-state index contributed by atoms with van der Waals surface area (Å²) < 4.78 is 0. The van der Waals surface area contributed by atoms with E-state index in [0.717, 1.165) is 37.5 Å². The second kappa shape index (κ2) is 15.8. The van der Waals surface area contributed by atoms with E-state index in [1.807, 2.05) is 32.2 Å². The normalized spacial score (nSPS) is 10.6. The van der Waals surface area contributed by atoms with Gasteiger partial charge in [-0.15, -0.1) is 30.6 Å². The van der Waals surface area contributed by atoms with Crippen LogP contribution in [0.2, 0.25) is 0 Å². The van der Waals surface area contributed by atoms with E-state index in [0.29, 0.717) is 12.1 Å². The van der Waals surface area contributed by atoms with Crippen molar-refractivity contribution in [3.63, 3.8) is 0 Å². The molecule has 0 saturated carbocycles. The van der Waals surface area contributed by atoms with Crippen LogP contribution in [-0.4, -0.2) is 49.4 Å². The van der Waals surface area contributed by atoms with E-state index >= 15 is 0 Å². The number of nitrogens with one attached hydrogen (secondary N) is 2. The molecule has 0 heterocycles. The lowest BCUT2D eigenvalue weighted by atomic mass is 10.1. The third-order valence-corrected chi connectivity index (χ3v) is 4.15. The molecule has 0 fully saturated rings. The summed E-state index contributed by atoms with van der Waals surface area (Å²) in [5, 5.41) is 5.78. The minimum atomic E-state index is -0.569. The minimum Gasteiger partial charge on any atom is -0.368 e. The quantitative estimate of drug-likeness (QED) is 0.131. The number of benzene rings is 1. The molecule has 0 aliphatic heterocycles. The van der Waals surface area contributed by atoms with E-state index in [4.69, 9.17) is 5.73 Å². The largest absolute Gasteiger partial charge is 0.368 e. The van der Waals surface area contributed by atoms with Gasteiger partial charge in [0, 0.05) is 25.7 Å². The van der Waals surface area contributed by atoms with Crippen molar-refractivity contribution in [2.24, 2.45) is 10.7 Å².